The second-order valence-corrected chi connectivity index (χ2v) is 5.21. The highest BCUT2D eigenvalue weighted by Gasteiger charge is 2.21. The van der Waals surface area contributed by atoms with Crippen LogP contribution in [0.15, 0.2) is 42.0 Å². The monoisotopic (exact) mass is 284 g/mol. The van der Waals surface area contributed by atoms with Crippen LogP contribution < -0.4 is 10.6 Å². The van der Waals surface area contributed by atoms with E-state index in [1.165, 1.54) is 12.8 Å². The van der Waals surface area contributed by atoms with Crippen molar-refractivity contribution in [1.82, 2.24) is 25.2 Å². The first-order valence-corrected chi connectivity index (χ1v) is 7.23. The molecule has 3 rings (SSSR count). The maximum absolute atomic E-state index is 4.43. The molecule has 1 aliphatic carbocycles. The van der Waals surface area contributed by atoms with E-state index >= 15 is 0 Å². The van der Waals surface area contributed by atoms with E-state index < -0.39 is 0 Å². The van der Waals surface area contributed by atoms with Crippen LogP contribution in [0.4, 0.5) is 0 Å². The van der Waals surface area contributed by atoms with Crippen molar-refractivity contribution in [3.8, 4) is 5.82 Å². The number of pyridine rings is 1. The first-order chi connectivity index (χ1) is 10.4. The van der Waals surface area contributed by atoms with Crippen LogP contribution >= 0.6 is 0 Å². The van der Waals surface area contributed by atoms with Gasteiger partial charge < -0.3 is 10.6 Å². The van der Waals surface area contributed by atoms with Crippen LogP contribution in [0.2, 0.25) is 0 Å². The average Bonchev–Trinajstić information content (AvgIpc) is 3.19. The summed E-state index contributed by atoms with van der Waals surface area (Å²) in [4.78, 5) is 12.8. The van der Waals surface area contributed by atoms with E-state index in [1.54, 1.807) is 25.8 Å². The summed E-state index contributed by atoms with van der Waals surface area (Å²) < 4.78 is 1.91. The average molecular weight is 284 g/mol. The fraction of sp³-hybridized carbons (Fsp3) is 0.400. The van der Waals surface area contributed by atoms with E-state index in [2.05, 4.69) is 31.7 Å². The number of nitrogens with zero attached hydrogens (tertiary/aromatic N) is 4. The predicted octanol–water partition coefficient (Wildman–Crippen LogP) is 1.34. The Hall–Kier alpha value is -2.37. The molecule has 0 saturated heterocycles. The van der Waals surface area contributed by atoms with E-state index in [-0.39, 0.29) is 0 Å². The molecule has 0 amide bonds. The third kappa shape index (κ3) is 3.59. The van der Waals surface area contributed by atoms with Gasteiger partial charge in [-0.3, -0.25) is 9.56 Å². The van der Waals surface area contributed by atoms with Crippen LogP contribution in [0.1, 0.15) is 18.4 Å². The molecule has 0 unspecified atom stereocenters. The zero-order valence-electron chi connectivity index (χ0n) is 12.2. The number of hydrogen-bond acceptors (Lipinski definition) is 3. The van der Waals surface area contributed by atoms with Crippen LogP contribution in [0, 0.1) is 5.92 Å². The number of nitrogens with one attached hydrogen (secondary N) is 2. The van der Waals surface area contributed by atoms with Gasteiger partial charge in [-0.05, 0) is 24.8 Å². The summed E-state index contributed by atoms with van der Waals surface area (Å²) in [5, 5.41) is 6.69. The highest BCUT2D eigenvalue weighted by Crippen LogP contribution is 2.27. The molecule has 1 aliphatic rings. The minimum Gasteiger partial charge on any atom is -0.356 e. The van der Waals surface area contributed by atoms with Crippen LogP contribution in [0.25, 0.3) is 5.82 Å². The molecule has 6 heteroatoms. The van der Waals surface area contributed by atoms with Crippen molar-refractivity contribution >= 4 is 5.96 Å². The topological polar surface area (TPSA) is 67.1 Å². The van der Waals surface area contributed by atoms with Gasteiger partial charge in [0.15, 0.2) is 5.96 Å². The van der Waals surface area contributed by atoms with E-state index in [0.29, 0.717) is 6.54 Å². The van der Waals surface area contributed by atoms with E-state index in [9.17, 15) is 0 Å². The minimum atomic E-state index is 0.672. The SMILES string of the molecule is CN=C(NCc1cccnc1-n1ccnc1)NCC1CC1. The largest absolute Gasteiger partial charge is 0.356 e. The smallest absolute Gasteiger partial charge is 0.191 e. The van der Waals surface area contributed by atoms with Crippen LogP contribution in [0.3, 0.4) is 0 Å². The van der Waals surface area contributed by atoms with E-state index in [0.717, 1.165) is 29.8 Å². The number of aromatic nitrogens is 3. The third-order valence-electron chi connectivity index (χ3n) is 3.54. The molecule has 2 aromatic heterocycles. The molecule has 2 aromatic rings. The fourth-order valence-electron chi connectivity index (χ4n) is 2.15. The summed E-state index contributed by atoms with van der Waals surface area (Å²) in [6.45, 7) is 1.67. The van der Waals surface area contributed by atoms with Crippen molar-refractivity contribution in [3.63, 3.8) is 0 Å². The lowest BCUT2D eigenvalue weighted by atomic mass is 10.2. The molecule has 0 bridgehead atoms. The van der Waals surface area contributed by atoms with E-state index in [1.807, 2.05) is 16.8 Å². The Morgan fingerprint density at radius 2 is 2.29 bits per heavy atom. The molecule has 110 valence electrons. The molecular formula is C15H20N6. The predicted molar refractivity (Wildman–Crippen MR) is 82.3 cm³/mol. The molecule has 1 saturated carbocycles. The fourth-order valence-corrected chi connectivity index (χ4v) is 2.15. The van der Waals surface area contributed by atoms with Gasteiger partial charge in [-0.15, -0.1) is 0 Å². The summed E-state index contributed by atoms with van der Waals surface area (Å²) in [5.41, 5.74) is 1.10. The van der Waals surface area contributed by atoms with Crippen molar-refractivity contribution in [2.24, 2.45) is 10.9 Å². The second kappa shape index (κ2) is 6.39. The Balaban J connectivity index is 1.64. The van der Waals surface area contributed by atoms with Crippen LogP contribution in [-0.2, 0) is 6.54 Å². The number of aliphatic imine (C=N–C) groups is 1. The van der Waals surface area contributed by atoms with Gasteiger partial charge in [0.2, 0.25) is 0 Å². The van der Waals surface area contributed by atoms with Gasteiger partial charge in [-0.25, -0.2) is 9.97 Å². The summed E-state index contributed by atoms with van der Waals surface area (Å²) in [6.07, 6.45) is 9.85. The highest BCUT2D eigenvalue weighted by atomic mass is 15.2. The first-order valence-electron chi connectivity index (χ1n) is 7.23. The number of rotatable bonds is 5. The molecule has 0 radical (unpaired) electrons. The first kappa shape index (κ1) is 13.6. The molecule has 0 atom stereocenters. The highest BCUT2D eigenvalue weighted by molar-refractivity contribution is 5.79. The normalized spacial score (nSPS) is 15.0. The van der Waals surface area contributed by atoms with Crippen LogP contribution in [-0.4, -0.2) is 34.1 Å². The molecule has 2 N–H and O–H groups in total. The number of imidazole rings is 1. The molecule has 21 heavy (non-hydrogen) atoms. The van der Waals surface area contributed by atoms with E-state index in [4.69, 9.17) is 0 Å². The lowest BCUT2D eigenvalue weighted by Gasteiger charge is -2.13. The summed E-state index contributed by atoms with van der Waals surface area (Å²) in [7, 11) is 1.79. The molecule has 2 heterocycles. The zero-order valence-corrected chi connectivity index (χ0v) is 12.2. The standard InChI is InChI=1S/C15H20N6/c1-16-15(19-9-12-4-5-12)20-10-13-3-2-6-18-14(13)21-8-7-17-11-21/h2-3,6-8,11-12H,4-5,9-10H2,1H3,(H2,16,19,20). The van der Waals surface area contributed by atoms with Gasteiger partial charge in [-0.1, -0.05) is 6.07 Å². The van der Waals surface area contributed by atoms with Gasteiger partial charge in [-0.2, -0.15) is 0 Å². The molecule has 0 aromatic carbocycles. The van der Waals surface area contributed by atoms with Gasteiger partial charge in [0.25, 0.3) is 0 Å². The molecule has 6 nitrogen and oxygen atoms in total. The quantitative estimate of drug-likeness (QED) is 0.642. The van der Waals surface area contributed by atoms with Crippen molar-refractivity contribution < 1.29 is 0 Å². The zero-order chi connectivity index (χ0) is 14.5. The Morgan fingerprint density at radius 1 is 1.38 bits per heavy atom. The third-order valence-corrected chi connectivity index (χ3v) is 3.54. The molecular weight excluding hydrogens is 264 g/mol. The lowest BCUT2D eigenvalue weighted by Crippen LogP contribution is -2.38. The van der Waals surface area contributed by atoms with Crippen molar-refractivity contribution in [3.05, 3.63) is 42.6 Å². The summed E-state index contributed by atoms with van der Waals surface area (Å²) >= 11 is 0. The Kier molecular flexibility index (Phi) is 4.14. The lowest BCUT2D eigenvalue weighted by molar-refractivity contribution is 0.735. The molecule has 0 spiro atoms. The Labute approximate surface area is 124 Å². The van der Waals surface area contributed by atoms with Crippen LogP contribution in [0.5, 0.6) is 0 Å². The minimum absolute atomic E-state index is 0.672. The summed E-state index contributed by atoms with van der Waals surface area (Å²) in [6, 6.07) is 4.00. The van der Waals surface area contributed by atoms with Crippen molar-refractivity contribution in [1.29, 1.82) is 0 Å². The maximum atomic E-state index is 4.43. The molecule has 1 fully saturated rings. The van der Waals surface area contributed by atoms with Gasteiger partial charge >= 0.3 is 0 Å². The Bertz CT molecular complexity index is 600. The van der Waals surface area contributed by atoms with Gasteiger partial charge in [0, 0.05) is 44.3 Å². The van der Waals surface area contributed by atoms with Gasteiger partial charge in [0.05, 0.1) is 0 Å². The van der Waals surface area contributed by atoms with Crippen molar-refractivity contribution in [2.45, 2.75) is 19.4 Å². The summed E-state index contributed by atoms with van der Waals surface area (Å²) in [5.74, 6) is 2.55. The van der Waals surface area contributed by atoms with Crippen molar-refractivity contribution in [2.75, 3.05) is 13.6 Å². The number of hydrogen-bond donors (Lipinski definition) is 2. The maximum Gasteiger partial charge on any atom is 0.191 e. The Morgan fingerprint density at radius 3 is 3.00 bits per heavy atom. The second-order valence-electron chi connectivity index (χ2n) is 5.21. The molecule has 0 aliphatic heterocycles. The van der Waals surface area contributed by atoms with Gasteiger partial charge in [0.1, 0.15) is 12.1 Å². The number of guanidine groups is 1.